The highest BCUT2D eigenvalue weighted by Crippen LogP contribution is 2.23. The first-order valence-corrected chi connectivity index (χ1v) is 8.35. The van der Waals surface area contributed by atoms with Crippen LogP contribution in [-0.2, 0) is 0 Å². The number of nitrogens with zero attached hydrogens (tertiary/aromatic N) is 2. The SMILES string of the molecule is CCCN(CC(F)F)C(=O)c1csc(Nc2ccc(OC)cc2)n1. The quantitative estimate of drug-likeness (QED) is 0.777. The highest BCUT2D eigenvalue weighted by Gasteiger charge is 2.21. The molecule has 0 aliphatic carbocycles. The summed E-state index contributed by atoms with van der Waals surface area (Å²) in [7, 11) is 1.59. The molecule has 0 atom stereocenters. The number of hydrogen-bond donors (Lipinski definition) is 1. The minimum Gasteiger partial charge on any atom is -0.497 e. The highest BCUT2D eigenvalue weighted by atomic mass is 32.1. The summed E-state index contributed by atoms with van der Waals surface area (Å²) < 4.78 is 30.3. The monoisotopic (exact) mass is 355 g/mol. The lowest BCUT2D eigenvalue weighted by atomic mass is 10.3. The number of rotatable bonds is 8. The number of carbonyl (C=O) groups excluding carboxylic acids is 1. The maximum Gasteiger partial charge on any atom is 0.273 e. The summed E-state index contributed by atoms with van der Waals surface area (Å²) in [5.74, 6) is 0.258. The molecule has 8 heteroatoms. The van der Waals surface area contributed by atoms with Gasteiger partial charge in [-0.25, -0.2) is 13.8 Å². The van der Waals surface area contributed by atoms with Crippen LogP contribution >= 0.6 is 11.3 Å². The van der Waals surface area contributed by atoms with Crippen LogP contribution in [0.2, 0.25) is 0 Å². The topological polar surface area (TPSA) is 54.5 Å². The van der Waals surface area contributed by atoms with Crippen molar-refractivity contribution in [3.8, 4) is 5.75 Å². The van der Waals surface area contributed by atoms with Crippen molar-refractivity contribution in [3.05, 3.63) is 35.3 Å². The molecule has 24 heavy (non-hydrogen) atoms. The van der Waals surface area contributed by atoms with Crippen LogP contribution in [0.15, 0.2) is 29.6 Å². The Hall–Kier alpha value is -2.22. The Morgan fingerprint density at radius 2 is 2.08 bits per heavy atom. The number of anilines is 2. The van der Waals surface area contributed by atoms with E-state index in [1.165, 1.54) is 11.3 Å². The van der Waals surface area contributed by atoms with E-state index < -0.39 is 18.9 Å². The molecule has 1 heterocycles. The van der Waals surface area contributed by atoms with Crippen LogP contribution in [0, 0.1) is 0 Å². The zero-order valence-electron chi connectivity index (χ0n) is 13.5. The zero-order valence-corrected chi connectivity index (χ0v) is 14.3. The maximum atomic E-state index is 12.6. The van der Waals surface area contributed by atoms with Crippen molar-refractivity contribution < 1.29 is 18.3 Å². The normalized spacial score (nSPS) is 10.7. The van der Waals surface area contributed by atoms with Crippen LogP contribution < -0.4 is 10.1 Å². The van der Waals surface area contributed by atoms with Crippen molar-refractivity contribution >= 4 is 28.1 Å². The fraction of sp³-hybridized carbons (Fsp3) is 0.375. The number of thiazole rings is 1. The van der Waals surface area contributed by atoms with Crippen LogP contribution in [0.1, 0.15) is 23.8 Å². The summed E-state index contributed by atoms with van der Waals surface area (Å²) >= 11 is 1.25. The van der Waals surface area contributed by atoms with E-state index in [1.54, 1.807) is 24.6 Å². The fourth-order valence-electron chi connectivity index (χ4n) is 2.10. The molecular formula is C16H19F2N3O2S. The van der Waals surface area contributed by atoms with Gasteiger partial charge in [0.05, 0.1) is 13.7 Å². The molecule has 0 saturated carbocycles. The number of ether oxygens (including phenoxy) is 1. The summed E-state index contributed by atoms with van der Waals surface area (Å²) in [6.45, 7) is 1.54. The lowest BCUT2D eigenvalue weighted by Crippen LogP contribution is -2.35. The van der Waals surface area contributed by atoms with Gasteiger partial charge in [0.15, 0.2) is 5.13 Å². The molecule has 0 aliphatic heterocycles. The number of alkyl halides is 2. The number of methoxy groups -OCH3 is 1. The Kier molecular flexibility index (Phi) is 6.48. The summed E-state index contributed by atoms with van der Waals surface area (Å²) in [5.41, 5.74) is 0.965. The van der Waals surface area contributed by atoms with E-state index in [0.29, 0.717) is 11.6 Å². The van der Waals surface area contributed by atoms with E-state index in [2.05, 4.69) is 10.3 Å². The van der Waals surface area contributed by atoms with E-state index >= 15 is 0 Å². The second kappa shape index (κ2) is 8.58. The van der Waals surface area contributed by atoms with Crippen molar-refractivity contribution in [2.24, 2.45) is 0 Å². The van der Waals surface area contributed by atoms with Crippen molar-refractivity contribution in [1.29, 1.82) is 0 Å². The summed E-state index contributed by atoms with van der Waals surface area (Å²) in [6.07, 6.45) is -1.95. The number of aromatic nitrogens is 1. The summed E-state index contributed by atoms with van der Waals surface area (Å²) in [5, 5.41) is 5.17. The molecule has 1 aromatic heterocycles. The third-order valence-corrected chi connectivity index (χ3v) is 3.96. The van der Waals surface area contributed by atoms with Gasteiger partial charge in [0.25, 0.3) is 12.3 Å². The minimum atomic E-state index is -2.56. The van der Waals surface area contributed by atoms with Crippen LogP contribution in [0.25, 0.3) is 0 Å². The molecule has 1 amide bonds. The molecule has 0 radical (unpaired) electrons. The molecule has 0 unspecified atom stereocenters. The van der Waals surface area contributed by atoms with E-state index in [0.717, 1.165) is 16.3 Å². The average molecular weight is 355 g/mol. The Labute approximate surface area is 143 Å². The first kappa shape index (κ1) is 18.1. The van der Waals surface area contributed by atoms with Gasteiger partial charge in [-0.3, -0.25) is 4.79 Å². The lowest BCUT2D eigenvalue weighted by molar-refractivity contribution is 0.0551. The Bertz CT molecular complexity index is 662. The smallest absolute Gasteiger partial charge is 0.273 e. The molecule has 130 valence electrons. The molecule has 0 aliphatic rings. The van der Waals surface area contributed by atoms with E-state index in [9.17, 15) is 13.6 Å². The Balaban J connectivity index is 2.06. The number of amides is 1. The molecule has 2 rings (SSSR count). The van der Waals surface area contributed by atoms with Crippen molar-refractivity contribution in [2.45, 2.75) is 19.8 Å². The number of hydrogen-bond acceptors (Lipinski definition) is 5. The van der Waals surface area contributed by atoms with Gasteiger partial charge in [-0.05, 0) is 30.7 Å². The van der Waals surface area contributed by atoms with Crippen LogP contribution in [0.4, 0.5) is 19.6 Å². The predicted molar refractivity (Wildman–Crippen MR) is 90.6 cm³/mol. The van der Waals surface area contributed by atoms with Gasteiger partial charge in [0.2, 0.25) is 0 Å². The van der Waals surface area contributed by atoms with E-state index in [-0.39, 0.29) is 12.2 Å². The Morgan fingerprint density at radius 1 is 1.38 bits per heavy atom. The number of carbonyl (C=O) groups is 1. The minimum absolute atomic E-state index is 0.171. The number of benzene rings is 1. The van der Waals surface area contributed by atoms with Crippen LogP contribution in [0.5, 0.6) is 5.75 Å². The molecule has 1 N–H and O–H groups in total. The van der Waals surface area contributed by atoms with Gasteiger partial charge in [0, 0.05) is 17.6 Å². The molecule has 0 fully saturated rings. The molecular weight excluding hydrogens is 336 g/mol. The first-order valence-electron chi connectivity index (χ1n) is 7.47. The van der Waals surface area contributed by atoms with Crippen LogP contribution in [0.3, 0.4) is 0 Å². The van der Waals surface area contributed by atoms with Gasteiger partial charge < -0.3 is 15.0 Å². The molecule has 2 aromatic rings. The largest absolute Gasteiger partial charge is 0.497 e. The molecule has 0 bridgehead atoms. The van der Waals surface area contributed by atoms with Crippen molar-refractivity contribution in [1.82, 2.24) is 9.88 Å². The predicted octanol–water partition coefficient (Wildman–Crippen LogP) is 4.01. The molecule has 1 aromatic carbocycles. The van der Waals surface area contributed by atoms with Crippen molar-refractivity contribution in [3.63, 3.8) is 0 Å². The lowest BCUT2D eigenvalue weighted by Gasteiger charge is -2.20. The average Bonchev–Trinajstić information content (AvgIpc) is 3.02. The van der Waals surface area contributed by atoms with Crippen LogP contribution in [-0.4, -0.2) is 42.4 Å². The third kappa shape index (κ3) is 4.89. The standard InChI is InChI=1S/C16H19F2N3O2S/c1-3-8-21(9-14(17)18)15(22)13-10-24-16(20-13)19-11-4-6-12(23-2)7-5-11/h4-7,10,14H,3,8-9H2,1-2H3,(H,19,20). The molecule has 5 nitrogen and oxygen atoms in total. The maximum absolute atomic E-state index is 12.6. The van der Waals surface area contributed by atoms with Crippen molar-refractivity contribution in [2.75, 3.05) is 25.5 Å². The van der Waals surface area contributed by atoms with Gasteiger partial charge in [-0.15, -0.1) is 11.3 Å². The van der Waals surface area contributed by atoms with E-state index in [1.807, 2.05) is 19.1 Å². The second-order valence-electron chi connectivity index (χ2n) is 5.03. The first-order chi connectivity index (χ1) is 11.5. The zero-order chi connectivity index (χ0) is 17.5. The van der Waals surface area contributed by atoms with Gasteiger partial charge in [-0.2, -0.15) is 0 Å². The number of nitrogens with one attached hydrogen (secondary N) is 1. The molecule has 0 spiro atoms. The van der Waals surface area contributed by atoms with Gasteiger partial charge in [-0.1, -0.05) is 6.92 Å². The highest BCUT2D eigenvalue weighted by molar-refractivity contribution is 7.14. The van der Waals surface area contributed by atoms with E-state index in [4.69, 9.17) is 4.74 Å². The van der Waals surface area contributed by atoms with Gasteiger partial charge >= 0.3 is 0 Å². The summed E-state index contributed by atoms with van der Waals surface area (Å²) in [6, 6.07) is 7.24. The fourth-order valence-corrected chi connectivity index (χ4v) is 2.81. The second-order valence-corrected chi connectivity index (χ2v) is 5.89. The third-order valence-electron chi connectivity index (χ3n) is 3.20. The Morgan fingerprint density at radius 3 is 2.67 bits per heavy atom. The van der Waals surface area contributed by atoms with Gasteiger partial charge in [0.1, 0.15) is 11.4 Å². The molecule has 0 saturated heterocycles. The summed E-state index contributed by atoms with van der Waals surface area (Å²) in [4.78, 5) is 17.6. The number of halogens is 2.